The first kappa shape index (κ1) is 13.0. The molecule has 3 heterocycles. The third-order valence-electron chi connectivity index (χ3n) is 4.37. The van der Waals surface area contributed by atoms with E-state index in [9.17, 15) is 0 Å². The maximum Gasteiger partial charge on any atom is 0.163 e. The topological polar surface area (TPSA) is 79.1 Å². The zero-order valence-electron chi connectivity index (χ0n) is 11.9. The fourth-order valence-corrected chi connectivity index (χ4v) is 3.14. The van der Waals surface area contributed by atoms with Crippen molar-refractivity contribution < 1.29 is 5.11 Å². The van der Waals surface area contributed by atoms with Crippen LogP contribution in [0.5, 0.6) is 0 Å². The van der Waals surface area contributed by atoms with Crippen LogP contribution in [0.2, 0.25) is 0 Å². The van der Waals surface area contributed by atoms with Crippen LogP contribution < -0.4 is 5.32 Å². The Bertz CT molecular complexity index is 637. The summed E-state index contributed by atoms with van der Waals surface area (Å²) in [6.45, 7) is 2.79. The van der Waals surface area contributed by atoms with Crippen molar-refractivity contribution in [1.82, 2.24) is 24.6 Å². The third-order valence-corrected chi connectivity index (χ3v) is 4.37. The monoisotopic (exact) mass is 288 g/mol. The summed E-state index contributed by atoms with van der Waals surface area (Å²) in [6.07, 6.45) is 7.22. The Labute approximate surface area is 123 Å². The predicted octanol–water partition coefficient (Wildman–Crippen LogP) is 0.467. The summed E-state index contributed by atoms with van der Waals surface area (Å²) in [7, 11) is 0. The number of likely N-dealkylation sites (tertiary alicyclic amines) is 1. The van der Waals surface area contributed by atoms with Crippen LogP contribution in [-0.2, 0) is 6.54 Å². The first-order chi connectivity index (χ1) is 10.3. The maximum atomic E-state index is 9.06. The van der Waals surface area contributed by atoms with Crippen LogP contribution in [0.3, 0.4) is 0 Å². The van der Waals surface area contributed by atoms with Crippen molar-refractivity contribution in [3.63, 3.8) is 0 Å². The van der Waals surface area contributed by atoms with Gasteiger partial charge in [-0.1, -0.05) is 0 Å². The van der Waals surface area contributed by atoms with Gasteiger partial charge in [-0.3, -0.25) is 4.90 Å². The number of hydrogen-bond donors (Lipinski definition) is 2. The summed E-state index contributed by atoms with van der Waals surface area (Å²) < 4.78 is 1.72. The Hall–Kier alpha value is -1.73. The second-order valence-electron chi connectivity index (χ2n) is 5.91. The van der Waals surface area contributed by atoms with E-state index in [2.05, 4.69) is 25.3 Å². The van der Waals surface area contributed by atoms with Gasteiger partial charge in [0, 0.05) is 25.2 Å². The predicted molar refractivity (Wildman–Crippen MR) is 79.0 cm³/mol. The highest BCUT2D eigenvalue weighted by Crippen LogP contribution is 2.31. The summed E-state index contributed by atoms with van der Waals surface area (Å²) in [5, 5.41) is 17.8. The molecule has 0 aromatic carbocycles. The molecule has 2 fully saturated rings. The van der Waals surface area contributed by atoms with Gasteiger partial charge in [-0.15, -0.1) is 0 Å². The molecule has 2 aromatic rings. The summed E-state index contributed by atoms with van der Waals surface area (Å²) in [5.41, 5.74) is 0.776. The van der Waals surface area contributed by atoms with Gasteiger partial charge >= 0.3 is 0 Å². The Kier molecular flexibility index (Phi) is 3.23. The van der Waals surface area contributed by atoms with Crippen molar-refractivity contribution in [2.24, 2.45) is 0 Å². The first-order valence-electron chi connectivity index (χ1n) is 7.63. The van der Waals surface area contributed by atoms with E-state index in [4.69, 9.17) is 5.11 Å². The second-order valence-corrected chi connectivity index (χ2v) is 5.91. The van der Waals surface area contributed by atoms with Crippen LogP contribution in [0.1, 0.15) is 19.3 Å². The van der Waals surface area contributed by atoms with Crippen LogP contribution in [0.4, 0.5) is 5.82 Å². The van der Waals surface area contributed by atoms with E-state index in [0.717, 1.165) is 35.9 Å². The fourth-order valence-electron chi connectivity index (χ4n) is 3.14. The smallest absolute Gasteiger partial charge is 0.163 e. The van der Waals surface area contributed by atoms with Gasteiger partial charge in [0.2, 0.25) is 0 Å². The minimum atomic E-state index is 0.0581. The fraction of sp³-hybridized carbons (Fsp3) is 0.643. The molecule has 1 atom stereocenters. The average Bonchev–Trinajstić information content (AvgIpc) is 3.11. The lowest BCUT2D eigenvalue weighted by molar-refractivity contribution is 0.271. The van der Waals surface area contributed by atoms with E-state index in [0.29, 0.717) is 12.6 Å². The number of nitrogens with one attached hydrogen (secondary N) is 1. The Morgan fingerprint density at radius 1 is 1.29 bits per heavy atom. The molecule has 2 N–H and O–H groups in total. The molecular formula is C14H20N6O. The quantitative estimate of drug-likeness (QED) is 0.832. The number of fused-ring (bicyclic) bond motifs is 1. The molecular weight excluding hydrogens is 268 g/mol. The van der Waals surface area contributed by atoms with E-state index in [1.165, 1.54) is 19.4 Å². The van der Waals surface area contributed by atoms with Gasteiger partial charge in [0.05, 0.1) is 24.7 Å². The minimum absolute atomic E-state index is 0.0581. The van der Waals surface area contributed by atoms with E-state index < -0.39 is 0 Å². The Morgan fingerprint density at radius 3 is 3.00 bits per heavy atom. The number of nitrogens with zero attached hydrogens (tertiary/aromatic N) is 5. The summed E-state index contributed by atoms with van der Waals surface area (Å²) >= 11 is 0. The molecule has 0 radical (unpaired) electrons. The molecule has 2 aliphatic rings. The molecule has 1 aliphatic heterocycles. The van der Waals surface area contributed by atoms with E-state index in [1.54, 1.807) is 17.2 Å². The zero-order chi connectivity index (χ0) is 14.2. The number of aromatic nitrogens is 4. The van der Waals surface area contributed by atoms with Crippen molar-refractivity contribution in [2.75, 3.05) is 25.0 Å². The van der Waals surface area contributed by atoms with Gasteiger partial charge in [0.1, 0.15) is 12.1 Å². The zero-order valence-corrected chi connectivity index (χ0v) is 11.9. The van der Waals surface area contributed by atoms with Gasteiger partial charge in [-0.25, -0.2) is 14.6 Å². The van der Waals surface area contributed by atoms with Crippen molar-refractivity contribution in [3.8, 4) is 0 Å². The summed E-state index contributed by atoms with van der Waals surface area (Å²) in [4.78, 5) is 11.2. The summed E-state index contributed by atoms with van der Waals surface area (Å²) in [6, 6.07) is 1.28. The van der Waals surface area contributed by atoms with Crippen LogP contribution in [0, 0.1) is 0 Å². The molecule has 21 heavy (non-hydrogen) atoms. The molecule has 112 valence electrons. The number of aliphatic hydroxyl groups excluding tert-OH is 1. The highest BCUT2D eigenvalue weighted by Gasteiger charge is 2.34. The van der Waals surface area contributed by atoms with Gasteiger partial charge in [-0.2, -0.15) is 5.10 Å². The van der Waals surface area contributed by atoms with Crippen molar-refractivity contribution >= 4 is 16.9 Å². The van der Waals surface area contributed by atoms with Crippen LogP contribution >= 0.6 is 0 Å². The minimum Gasteiger partial charge on any atom is -0.394 e. The SMILES string of the molecule is OCCn1ncc2c(NC3CCN(C4CC4)C3)ncnc21. The molecule has 4 rings (SSSR count). The van der Waals surface area contributed by atoms with E-state index in [-0.39, 0.29) is 6.61 Å². The Balaban J connectivity index is 1.53. The van der Waals surface area contributed by atoms with Crippen molar-refractivity contribution in [2.45, 2.75) is 37.9 Å². The van der Waals surface area contributed by atoms with Crippen LogP contribution in [0.15, 0.2) is 12.5 Å². The lowest BCUT2D eigenvalue weighted by atomic mass is 10.2. The lowest BCUT2D eigenvalue weighted by Gasteiger charge is -2.16. The van der Waals surface area contributed by atoms with Crippen LogP contribution in [0.25, 0.3) is 11.0 Å². The summed E-state index contributed by atoms with van der Waals surface area (Å²) in [5.74, 6) is 0.854. The number of hydrogen-bond acceptors (Lipinski definition) is 6. The average molecular weight is 288 g/mol. The molecule has 0 bridgehead atoms. The molecule has 1 unspecified atom stereocenters. The van der Waals surface area contributed by atoms with Crippen molar-refractivity contribution in [1.29, 1.82) is 0 Å². The highest BCUT2D eigenvalue weighted by atomic mass is 16.3. The number of anilines is 1. The maximum absolute atomic E-state index is 9.06. The second kappa shape index (κ2) is 5.23. The molecule has 1 saturated heterocycles. The molecule has 0 amide bonds. The number of rotatable bonds is 5. The van der Waals surface area contributed by atoms with Crippen molar-refractivity contribution in [3.05, 3.63) is 12.5 Å². The molecule has 7 nitrogen and oxygen atoms in total. The Morgan fingerprint density at radius 2 is 2.19 bits per heavy atom. The van der Waals surface area contributed by atoms with E-state index in [1.807, 2.05) is 0 Å². The van der Waals surface area contributed by atoms with Gasteiger partial charge < -0.3 is 10.4 Å². The third kappa shape index (κ3) is 2.47. The molecule has 0 spiro atoms. The number of aliphatic hydroxyl groups is 1. The largest absolute Gasteiger partial charge is 0.394 e. The lowest BCUT2D eigenvalue weighted by Crippen LogP contribution is -2.28. The molecule has 7 heteroatoms. The van der Waals surface area contributed by atoms with Gasteiger partial charge in [0.15, 0.2) is 5.65 Å². The van der Waals surface area contributed by atoms with Gasteiger partial charge in [-0.05, 0) is 19.3 Å². The molecule has 1 aliphatic carbocycles. The van der Waals surface area contributed by atoms with Gasteiger partial charge in [0.25, 0.3) is 0 Å². The molecule has 1 saturated carbocycles. The first-order valence-corrected chi connectivity index (χ1v) is 7.63. The standard InChI is InChI=1S/C14H20N6O/c21-6-5-20-14-12(7-17-20)13(15-9-16-14)18-10-3-4-19(8-10)11-1-2-11/h7,9-11,21H,1-6,8H2,(H,15,16,18). The highest BCUT2D eigenvalue weighted by molar-refractivity contribution is 5.86. The normalized spacial score (nSPS) is 23.0. The van der Waals surface area contributed by atoms with Crippen LogP contribution in [-0.4, -0.2) is 61.5 Å². The molecule has 2 aromatic heterocycles. The van der Waals surface area contributed by atoms with E-state index >= 15 is 0 Å².